The smallest absolute Gasteiger partial charge is 0.353 e. The number of anilines is 1. The topological polar surface area (TPSA) is 109 Å². The highest BCUT2D eigenvalue weighted by atomic mass is 32.1. The Bertz CT molecular complexity index is 1580. The molecule has 9 nitrogen and oxygen atoms in total. The van der Waals surface area contributed by atoms with Gasteiger partial charge in [-0.1, -0.05) is 36.4 Å². The predicted octanol–water partition coefficient (Wildman–Crippen LogP) is 5.35. The van der Waals surface area contributed by atoms with Crippen LogP contribution in [0.2, 0.25) is 0 Å². The van der Waals surface area contributed by atoms with Gasteiger partial charge in [0.2, 0.25) is 0 Å². The van der Waals surface area contributed by atoms with Crippen molar-refractivity contribution in [1.82, 2.24) is 10.7 Å². The van der Waals surface area contributed by atoms with Crippen LogP contribution >= 0.6 is 11.3 Å². The number of ether oxygens (including phenoxy) is 2. The van der Waals surface area contributed by atoms with Gasteiger partial charge in [-0.2, -0.15) is 5.10 Å². The molecule has 2 N–H and O–H groups in total. The van der Waals surface area contributed by atoms with Crippen LogP contribution < -0.4 is 25.1 Å². The Balaban J connectivity index is 1.50. The molecule has 1 aromatic heterocycles. The van der Waals surface area contributed by atoms with Crippen molar-refractivity contribution in [2.24, 2.45) is 5.10 Å². The van der Waals surface area contributed by atoms with Gasteiger partial charge in [-0.05, 0) is 78.0 Å². The van der Waals surface area contributed by atoms with E-state index in [0.717, 1.165) is 11.3 Å². The summed E-state index contributed by atoms with van der Waals surface area (Å²) in [4.78, 5) is 40.8. The molecule has 0 aliphatic heterocycles. The molecule has 0 aliphatic carbocycles. The summed E-state index contributed by atoms with van der Waals surface area (Å²) < 4.78 is 11.2. The van der Waals surface area contributed by atoms with Crippen LogP contribution in [0, 0.1) is 0 Å². The third-order valence-corrected chi connectivity index (χ3v) is 6.67. The molecular weight excluding hydrogens is 552 g/mol. The number of benzene rings is 3. The highest BCUT2D eigenvalue weighted by Crippen LogP contribution is 2.29. The molecule has 1 heterocycles. The van der Waals surface area contributed by atoms with Crippen LogP contribution in [0.1, 0.15) is 38.1 Å². The van der Waals surface area contributed by atoms with Crippen molar-refractivity contribution in [3.8, 4) is 11.5 Å². The summed E-state index contributed by atoms with van der Waals surface area (Å²) in [6.07, 6.45) is 3.00. The minimum absolute atomic E-state index is 0.0180. The van der Waals surface area contributed by atoms with Gasteiger partial charge in [-0.25, -0.2) is 10.2 Å². The zero-order valence-electron chi connectivity index (χ0n) is 23.4. The van der Waals surface area contributed by atoms with E-state index in [9.17, 15) is 14.4 Å². The maximum Gasteiger partial charge on any atom is 0.353 e. The first-order chi connectivity index (χ1) is 20.3. The Morgan fingerprint density at radius 2 is 1.64 bits per heavy atom. The van der Waals surface area contributed by atoms with Gasteiger partial charge in [0.1, 0.15) is 10.6 Å². The summed E-state index contributed by atoms with van der Waals surface area (Å²) in [5.41, 5.74) is 5.20. The van der Waals surface area contributed by atoms with Crippen molar-refractivity contribution >= 4 is 47.1 Å². The molecule has 42 heavy (non-hydrogen) atoms. The fraction of sp³-hybridized carbons (Fsp3) is 0.125. The number of thiophene rings is 1. The summed E-state index contributed by atoms with van der Waals surface area (Å²) in [5.74, 6) is -0.897. The first-order valence-electron chi connectivity index (χ1n) is 13.1. The molecule has 2 amide bonds. The quantitative estimate of drug-likeness (QED) is 0.0811. The molecule has 4 rings (SSSR count). The van der Waals surface area contributed by atoms with E-state index in [1.54, 1.807) is 72.1 Å². The molecule has 0 unspecified atom stereocenters. The number of amides is 2. The standard InChI is InChI=1S/C32H30N4O5S/c1-4-40-28-20-23(14-17-27(28)41-32(39)29-11-8-18-42-29)21-33-35-31(38)26(34-30(37)24-9-6-5-7-10-24)19-22-12-15-25(16-13-22)36(2)3/h5-21H,4H2,1-3H3,(H,34,37)(H,35,38)/b26-19-,33-21-. The Morgan fingerprint density at radius 1 is 0.905 bits per heavy atom. The van der Waals surface area contributed by atoms with Crippen LogP contribution in [0.4, 0.5) is 5.69 Å². The van der Waals surface area contributed by atoms with Gasteiger partial charge in [0, 0.05) is 25.3 Å². The third kappa shape index (κ3) is 8.15. The van der Waals surface area contributed by atoms with Crippen molar-refractivity contribution in [2.75, 3.05) is 25.6 Å². The predicted molar refractivity (Wildman–Crippen MR) is 165 cm³/mol. The van der Waals surface area contributed by atoms with Crippen LogP contribution in [-0.2, 0) is 4.79 Å². The highest BCUT2D eigenvalue weighted by molar-refractivity contribution is 7.12. The van der Waals surface area contributed by atoms with Crippen molar-refractivity contribution in [3.05, 3.63) is 118 Å². The number of esters is 1. The number of hydrazone groups is 1. The lowest BCUT2D eigenvalue weighted by molar-refractivity contribution is -0.117. The highest BCUT2D eigenvalue weighted by Gasteiger charge is 2.16. The maximum absolute atomic E-state index is 13.1. The molecule has 3 aromatic carbocycles. The molecular formula is C32H30N4O5S. The van der Waals surface area contributed by atoms with E-state index in [-0.39, 0.29) is 11.4 Å². The van der Waals surface area contributed by atoms with Gasteiger partial charge in [0.15, 0.2) is 11.5 Å². The molecule has 0 spiro atoms. The summed E-state index contributed by atoms with van der Waals surface area (Å²) in [5, 5.41) is 8.55. The Labute approximate surface area is 248 Å². The number of hydrogen-bond donors (Lipinski definition) is 2. The zero-order chi connectivity index (χ0) is 29.9. The molecule has 4 aromatic rings. The van der Waals surface area contributed by atoms with Gasteiger partial charge in [-0.3, -0.25) is 9.59 Å². The van der Waals surface area contributed by atoms with E-state index in [0.29, 0.717) is 28.4 Å². The summed E-state index contributed by atoms with van der Waals surface area (Å²) in [7, 11) is 3.87. The fourth-order valence-corrected chi connectivity index (χ4v) is 4.30. The van der Waals surface area contributed by atoms with E-state index in [2.05, 4.69) is 15.8 Å². The fourth-order valence-electron chi connectivity index (χ4n) is 3.71. The summed E-state index contributed by atoms with van der Waals surface area (Å²) in [6.45, 7) is 2.17. The lowest BCUT2D eigenvalue weighted by Crippen LogP contribution is -2.32. The molecule has 0 saturated carbocycles. The van der Waals surface area contributed by atoms with E-state index in [1.807, 2.05) is 50.2 Å². The second kappa shape index (κ2) is 14.4. The normalized spacial score (nSPS) is 11.2. The first kappa shape index (κ1) is 29.8. The number of hydrogen-bond acceptors (Lipinski definition) is 8. The molecule has 214 valence electrons. The number of nitrogens with one attached hydrogen (secondary N) is 2. The van der Waals surface area contributed by atoms with Crippen molar-refractivity contribution < 1.29 is 23.9 Å². The SMILES string of the molecule is CCOc1cc(/C=N\NC(=O)/C(=C/c2ccc(N(C)C)cc2)NC(=O)c2ccccc2)ccc1OC(=O)c1cccs1. The van der Waals surface area contributed by atoms with E-state index in [4.69, 9.17) is 9.47 Å². The van der Waals surface area contributed by atoms with Gasteiger partial charge >= 0.3 is 5.97 Å². The largest absolute Gasteiger partial charge is 0.490 e. The van der Waals surface area contributed by atoms with Crippen LogP contribution in [0.5, 0.6) is 11.5 Å². The molecule has 0 fully saturated rings. The van der Waals surface area contributed by atoms with Crippen molar-refractivity contribution in [1.29, 1.82) is 0 Å². The molecule has 0 saturated heterocycles. The van der Waals surface area contributed by atoms with Crippen LogP contribution in [0.15, 0.2) is 101 Å². The number of carbonyl (C=O) groups excluding carboxylic acids is 3. The van der Waals surface area contributed by atoms with Crippen molar-refractivity contribution in [2.45, 2.75) is 6.92 Å². The number of rotatable bonds is 11. The zero-order valence-corrected chi connectivity index (χ0v) is 24.2. The second-order valence-corrected chi connectivity index (χ2v) is 10.0. The Hall–Kier alpha value is -5.22. The van der Waals surface area contributed by atoms with Gasteiger partial charge in [-0.15, -0.1) is 11.3 Å². The van der Waals surface area contributed by atoms with Crippen LogP contribution in [0.3, 0.4) is 0 Å². The van der Waals surface area contributed by atoms with E-state index < -0.39 is 17.8 Å². The number of carbonyl (C=O) groups is 3. The summed E-state index contributed by atoms with van der Waals surface area (Å²) in [6, 6.07) is 24.5. The molecule has 10 heteroatoms. The molecule has 0 bridgehead atoms. The average molecular weight is 583 g/mol. The molecule has 0 atom stereocenters. The third-order valence-electron chi connectivity index (χ3n) is 5.82. The van der Waals surface area contributed by atoms with E-state index in [1.165, 1.54) is 17.6 Å². The monoisotopic (exact) mass is 582 g/mol. The van der Waals surface area contributed by atoms with Gasteiger partial charge in [0.25, 0.3) is 11.8 Å². The summed E-state index contributed by atoms with van der Waals surface area (Å²) >= 11 is 1.28. The Morgan fingerprint density at radius 3 is 2.31 bits per heavy atom. The van der Waals surface area contributed by atoms with Crippen LogP contribution in [-0.4, -0.2) is 44.7 Å². The molecule has 0 radical (unpaired) electrons. The second-order valence-electron chi connectivity index (χ2n) is 9.07. The molecule has 0 aliphatic rings. The van der Waals surface area contributed by atoms with Crippen molar-refractivity contribution in [3.63, 3.8) is 0 Å². The average Bonchev–Trinajstić information content (AvgIpc) is 3.54. The minimum Gasteiger partial charge on any atom is -0.490 e. The van der Waals surface area contributed by atoms with Gasteiger partial charge < -0.3 is 19.7 Å². The number of nitrogens with zero attached hydrogens (tertiary/aromatic N) is 2. The lowest BCUT2D eigenvalue weighted by atomic mass is 10.1. The first-order valence-corrected chi connectivity index (χ1v) is 13.9. The maximum atomic E-state index is 13.1. The Kier molecular flexibility index (Phi) is 10.2. The minimum atomic E-state index is -0.612. The van der Waals surface area contributed by atoms with E-state index >= 15 is 0 Å². The van der Waals surface area contributed by atoms with Crippen LogP contribution in [0.25, 0.3) is 6.08 Å². The lowest BCUT2D eigenvalue weighted by Gasteiger charge is -2.13. The van der Waals surface area contributed by atoms with Gasteiger partial charge in [0.05, 0.1) is 12.8 Å².